The maximum Gasteiger partial charge on any atom is 0.244 e. The Hall–Kier alpha value is -0.890. The van der Waals surface area contributed by atoms with Gasteiger partial charge in [-0.1, -0.05) is 0 Å². The van der Waals surface area contributed by atoms with Gasteiger partial charge in [0.05, 0.1) is 6.10 Å². The molecule has 0 aromatic carbocycles. The average molecular weight is 275 g/mol. The Morgan fingerprint density at radius 3 is 2.61 bits per heavy atom. The van der Waals surface area contributed by atoms with Crippen LogP contribution in [-0.2, 0) is 28.4 Å². The third-order valence-electron chi connectivity index (χ3n) is 2.92. The van der Waals surface area contributed by atoms with E-state index in [0.717, 1.165) is 5.69 Å². The van der Waals surface area contributed by atoms with E-state index in [2.05, 4.69) is 0 Å². The summed E-state index contributed by atoms with van der Waals surface area (Å²) in [6, 6.07) is 1.60. The first kappa shape index (κ1) is 15.2. The van der Waals surface area contributed by atoms with E-state index in [-0.39, 0.29) is 11.0 Å². The molecule has 0 spiro atoms. The number of hydrogen-bond acceptors (Lipinski definition) is 4. The van der Waals surface area contributed by atoms with Crippen molar-refractivity contribution in [2.45, 2.75) is 24.5 Å². The summed E-state index contributed by atoms with van der Waals surface area (Å²) in [5.41, 5.74) is 6.32. The second kappa shape index (κ2) is 5.83. The molecule has 0 amide bonds. The van der Waals surface area contributed by atoms with Crippen molar-refractivity contribution in [1.82, 2.24) is 8.87 Å². The van der Waals surface area contributed by atoms with Crippen LogP contribution in [0.5, 0.6) is 0 Å². The van der Waals surface area contributed by atoms with Gasteiger partial charge in [0.25, 0.3) is 0 Å². The quantitative estimate of drug-likeness (QED) is 0.801. The van der Waals surface area contributed by atoms with E-state index in [0.29, 0.717) is 13.1 Å². The SMILES string of the molecule is COC(C)CN(C)S(=O)(=O)c1cc(CN)n(C)c1. The highest BCUT2D eigenvalue weighted by molar-refractivity contribution is 7.89. The standard InChI is InChI=1S/C11H21N3O3S/c1-9(17-4)7-14(3)18(15,16)11-5-10(6-12)13(2)8-11/h5,8-9H,6-7,12H2,1-4H3. The highest BCUT2D eigenvalue weighted by Gasteiger charge is 2.24. The molecule has 104 valence electrons. The lowest BCUT2D eigenvalue weighted by Crippen LogP contribution is -2.33. The van der Waals surface area contributed by atoms with E-state index in [1.807, 2.05) is 6.92 Å². The van der Waals surface area contributed by atoms with Crippen LogP contribution in [0.25, 0.3) is 0 Å². The van der Waals surface area contributed by atoms with Crippen molar-refractivity contribution < 1.29 is 13.2 Å². The summed E-state index contributed by atoms with van der Waals surface area (Å²) in [4.78, 5) is 0.260. The Morgan fingerprint density at radius 2 is 2.17 bits per heavy atom. The lowest BCUT2D eigenvalue weighted by atomic mass is 10.4. The van der Waals surface area contributed by atoms with Gasteiger partial charge in [0.15, 0.2) is 0 Å². The van der Waals surface area contributed by atoms with Crippen molar-refractivity contribution >= 4 is 10.0 Å². The number of sulfonamides is 1. The van der Waals surface area contributed by atoms with Crippen molar-refractivity contribution in [2.24, 2.45) is 12.8 Å². The molecule has 0 aliphatic carbocycles. The number of aryl methyl sites for hydroxylation is 1. The Balaban J connectivity index is 2.98. The molecule has 1 aromatic rings. The predicted molar refractivity (Wildman–Crippen MR) is 69.6 cm³/mol. The molecule has 1 heterocycles. The Morgan fingerprint density at radius 1 is 1.56 bits per heavy atom. The van der Waals surface area contributed by atoms with E-state index in [4.69, 9.17) is 10.5 Å². The topological polar surface area (TPSA) is 77.6 Å². The fraction of sp³-hybridized carbons (Fsp3) is 0.636. The van der Waals surface area contributed by atoms with E-state index < -0.39 is 10.0 Å². The maximum absolute atomic E-state index is 12.3. The van der Waals surface area contributed by atoms with Gasteiger partial charge in [0.1, 0.15) is 4.90 Å². The summed E-state index contributed by atoms with van der Waals surface area (Å²) >= 11 is 0. The minimum atomic E-state index is -3.48. The zero-order chi connectivity index (χ0) is 13.9. The van der Waals surface area contributed by atoms with Gasteiger partial charge in [0.2, 0.25) is 10.0 Å². The molecular weight excluding hydrogens is 254 g/mol. The van der Waals surface area contributed by atoms with Gasteiger partial charge in [0, 0.05) is 46.2 Å². The molecular formula is C11H21N3O3S. The number of ether oxygens (including phenoxy) is 1. The van der Waals surface area contributed by atoms with Gasteiger partial charge in [-0.3, -0.25) is 0 Å². The monoisotopic (exact) mass is 275 g/mol. The Bertz CT molecular complexity index is 496. The van der Waals surface area contributed by atoms with Crippen molar-refractivity contribution in [3.05, 3.63) is 18.0 Å². The summed E-state index contributed by atoms with van der Waals surface area (Å²) in [5.74, 6) is 0. The summed E-state index contributed by atoms with van der Waals surface area (Å²) in [6.07, 6.45) is 1.42. The van der Waals surface area contributed by atoms with Crippen LogP contribution < -0.4 is 5.73 Å². The summed E-state index contributed by atoms with van der Waals surface area (Å²) in [5, 5.41) is 0. The van der Waals surface area contributed by atoms with Crippen LogP contribution in [0.3, 0.4) is 0 Å². The number of rotatable bonds is 6. The number of nitrogens with two attached hydrogens (primary N) is 1. The van der Waals surface area contributed by atoms with Crippen molar-refractivity contribution in [1.29, 1.82) is 0 Å². The number of aromatic nitrogens is 1. The van der Waals surface area contributed by atoms with E-state index in [1.54, 1.807) is 38.0 Å². The van der Waals surface area contributed by atoms with Gasteiger partial charge in [-0.05, 0) is 13.0 Å². The van der Waals surface area contributed by atoms with Crippen LogP contribution in [0.15, 0.2) is 17.2 Å². The lowest BCUT2D eigenvalue weighted by molar-refractivity contribution is 0.104. The lowest BCUT2D eigenvalue weighted by Gasteiger charge is -2.19. The second-order valence-corrected chi connectivity index (χ2v) is 6.36. The number of hydrogen-bond donors (Lipinski definition) is 1. The zero-order valence-electron chi connectivity index (χ0n) is 11.3. The normalized spacial score (nSPS) is 14.1. The van der Waals surface area contributed by atoms with Crippen LogP contribution in [-0.4, -0.2) is 44.1 Å². The highest BCUT2D eigenvalue weighted by Crippen LogP contribution is 2.17. The minimum Gasteiger partial charge on any atom is -0.380 e. The van der Waals surface area contributed by atoms with Crippen LogP contribution in [0.1, 0.15) is 12.6 Å². The zero-order valence-corrected chi connectivity index (χ0v) is 12.1. The number of methoxy groups -OCH3 is 1. The van der Waals surface area contributed by atoms with Gasteiger partial charge < -0.3 is 15.0 Å². The van der Waals surface area contributed by atoms with Gasteiger partial charge >= 0.3 is 0 Å². The highest BCUT2D eigenvalue weighted by atomic mass is 32.2. The molecule has 0 saturated carbocycles. The van der Waals surface area contributed by atoms with E-state index >= 15 is 0 Å². The number of likely N-dealkylation sites (N-methyl/N-ethyl adjacent to an activating group) is 1. The molecule has 18 heavy (non-hydrogen) atoms. The molecule has 6 nitrogen and oxygen atoms in total. The molecule has 0 aliphatic heterocycles. The molecule has 0 bridgehead atoms. The largest absolute Gasteiger partial charge is 0.380 e. The molecule has 7 heteroatoms. The summed E-state index contributed by atoms with van der Waals surface area (Å²) < 4.78 is 32.6. The summed E-state index contributed by atoms with van der Waals surface area (Å²) in [7, 11) is 1.40. The molecule has 1 aromatic heterocycles. The molecule has 0 saturated heterocycles. The second-order valence-electron chi connectivity index (χ2n) is 4.31. The first-order valence-corrected chi connectivity index (χ1v) is 7.11. The van der Waals surface area contributed by atoms with E-state index in [1.165, 1.54) is 4.31 Å². The van der Waals surface area contributed by atoms with Gasteiger partial charge in [-0.25, -0.2) is 8.42 Å². The molecule has 0 fully saturated rings. The fourth-order valence-electron chi connectivity index (χ4n) is 1.64. The first-order valence-electron chi connectivity index (χ1n) is 5.67. The van der Waals surface area contributed by atoms with Crippen molar-refractivity contribution in [2.75, 3.05) is 20.7 Å². The molecule has 2 N–H and O–H groups in total. The van der Waals surface area contributed by atoms with Crippen LogP contribution >= 0.6 is 0 Å². The molecule has 0 aliphatic rings. The summed E-state index contributed by atoms with van der Waals surface area (Å²) in [6.45, 7) is 2.44. The van der Waals surface area contributed by atoms with Crippen LogP contribution in [0, 0.1) is 0 Å². The molecule has 1 rings (SSSR count). The third-order valence-corrected chi connectivity index (χ3v) is 4.71. The molecule has 0 radical (unpaired) electrons. The van der Waals surface area contributed by atoms with Crippen molar-refractivity contribution in [3.63, 3.8) is 0 Å². The van der Waals surface area contributed by atoms with Gasteiger partial charge in [-0.2, -0.15) is 4.31 Å². The van der Waals surface area contributed by atoms with E-state index in [9.17, 15) is 8.42 Å². The van der Waals surface area contributed by atoms with Crippen molar-refractivity contribution in [3.8, 4) is 0 Å². The molecule has 1 atom stereocenters. The van der Waals surface area contributed by atoms with Crippen LogP contribution in [0.2, 0.25) is 0 Å². The maximum atomic E-state index is 12.3. The average Bonchev–Trinajstić information content (AvgIpc) is 2.70. The smallest absolute Gasteiger partial charge is 0.244 e. The number of nitrogens with zero attached hydrogens (tertiary/aromatic N) is 2. The minimum absolute atomic E-state index is 0.150. The van der Waals surface area contributed by atoms with Crippen LogP contribution in [0.4, 0.5) is 0 Å². The third kappa shape index (κ3) is 3.11. The fourth-order valence-corrected chi connectivity index (χ4v) is 2.98. The molecule has 1 unspecified atom stereocenters. The Kier molecular flexibility index (Phi) is 4.92. The Labute approximate surface area is 108 Å². The first-order chi connectivity index (χ1) is 8.32. The predicted octanol–water partition coefficient (Wildman–Crippen LogP) is 0.139. The van der Waals surface area contributed by atoms with Gasteiger partial charge in [-0.15, -0.1) is 0 Å².